The number of carbonyl (C=O) groups excluding carboxylic acids is 1. The van der Waals surface area contributed by atoms with Crippen LogP contribution in [0, 0.1) is 12.7 Å². The second kappa shape index (κ2) is 8.82. The van der Waals surface area contributed by atoms with E-state index in [1.807, 2.05) is 0 Å². The molecule has 0 saturated carbocycles. The average molecular weight is 417 g/mol. The minimum absolute atomic E-state index is 0.0323. The zero-order valence-electron chi connectivity index (χ0n) is 16.1. The maximum absolute atomic E-state index is 13.6. The molecule has 29 heavy (non-hydrogen) atoms. The first-order valence-corrected chi connectivity index (χ1v) is 9.53. The molecule has 10 heteroatoms. The number of ether oxygens (including phenoxy) is 2. The molecule has 0 fully saturated rings. The molecule has 2 aromatic carbocycles. The van der Waals surface area contributed by atoms with Gasteiger partial charge in [0, 0.05) is 11.8 Å². The summed E-state index contributed by atoms with van der Waals surface area (Å²) < 4.78 is 25.4. The van der Waals surface area contributed by atoms with Gasteiger partial charge in [0.15, 0.2) is 5.82 Å². The van der Waals surface area contributed by atoms with Crippen LogP contribution in [0.3, 0.4) is 0 Å². The lowest BCUT2D eigenvalue weighted by molar-refractivity contribution is -0.113. The van der Waals surface area contributed by atoms with E-state index in [4.69, 9.17) is 15.3 Å². The number of rotatable bonds is 7. The van der Waals surface area contributed by atoms with Gasteiger partial charge in [-0.3, -0.25) is 4.79 Å². The second-order valence-electron chi connectivity index (χ2n) is 6.04. The first-order valence-electron chi connectivity index (χ1n) is 8.54. The molecule has 1 amide bonds. The molecule has 0 spiro atoms. The number of nitrogen functional groups attached to an aromatic ring is 1. The normalized spacial score (nSPS) is 10.6. The lowest BCUT2D eigenvalue weighted by atomic mass is 10.2. The van der Waals surface area contributed by atoms with Crippen LogP contribution in [0.25, 0.3) is 11.4 Å². The molecule has 3 aromatic rings. The van der Waals surface area contributed by atoms with Gasteiger partial charge in [0.1, 0.15) is 17.3 Å². The third-order valence-corrected chi connectivity index (χ3v) is 5.05. The topological polar surface area (TPSA) is 104 Å². The van der Waals surface area contributed by atoms with E-state index in [0.29, 0.717) is 39.3 Å². The summed E-state index contributed by atoms with van der Waals surface area (Å²) in [5.74, 6) is 6.99. The van der Waals surface area contributed by atoms with Gasteiger partial charge in [0.25, 0.3) is 0 Å². The third-order valence-electron chi connectivity index (χ3n) is 4.10. The Balaban J connectivity index is 1.70. The number of halogens is 1. The highest BCUT2D eigenvalue weighted by molar-refractivity contribution is 7.99. The highest BCUT2D eigenvalue weighted by Crippen LogP contribution is 2.33. The van der Waals surface area contributed by atoms with Crippen molar-refractivity contribution >= 4 is 23.4 Å². The van der Waals surface area contributed by atoms with E-state index >= 15 is 0 Å². The summed E-state index contributed by atoms with van der Waals surface area (Å²) >= 11 is 1.11. The van der Waals surface area contributed by atoms with Gasteiger partial charge in [-0.1, -0.05) is 17.8 Å². The number of aromatic nitrogens is 3. The van der Waals surface area contributed by atoms with Crippen molar-refractivity contribution < 1.29 is 18.7 Å². The number of carbonyl (C=O) groups is 1. The van der Waals surface area contributed by atoms with Crippen molar-refractivity contribution in [3.05, 3.63) is 47.8 Å². The van der Waals surface area contributed by atoms with Gasteiger partial charge in [0.2, 0.25) is 11.1 Å². The highest BCUT2D eigenvalue weighted by atomic mass is 32.2. The van der Waals surface area contributed by atoms with Crippen LogP contribution in [0.2, 0.25) is 0 Å². The molecule has 0 bridgehead atoms. The zero-order chi connectivity index (χ0) is 21.0. The monoisotopic (exact) mass is 417 g/mol. The molecule has 0 aliphatic heterocycles. The lowest BCUT2D eigenvalue weighted by Gasteiger charge is -2.10. The number of amides is 1. The van der Waals surface area contributed by atoms with Gasteiger partial charge >= 0.3 is 0 Å². The Labute approximate surface area is 171 Å². The Morgan fingerprint density at radius 1 is 1.21 bits per heavy atom. The minimum atomic E-state index is -0.379. The molecule has 3 N–H and O–H groups in total. The van der Waals surface area contributed by atoms with Crippen molar-refractivity contribution in [2.24, 2.45) is 0 Å². The standard InChI is InChI=1S/C19H20FN5O3S/c1-11-4-5-12(8-15(11)20)22-17(26)10-29-19-24-23-18(25(19)21)14-7-6-13(27-2)9-16(14)28-3/h4-9H,10,21H2,1-3H3,(H,22,26). The molecule has 0 saturated heterocycles. The number of methoxy groups -OCH3 is 2. The van der Waals surface area contributed by atoms with Gasteiger partial charge in [0.05, 0.1) is 25.5 Å². The number of nitrogens with two attached hydrogens (primary N) is 1. The molecule has 1 heterocycles. The van der Waals surface area contributed by atoms with Crippen molar-refractivity contribution in [3.63, 3.8) is 0 Å². The van der Waals surface area contributed by atoms with E-state index in [1.54, 1.807) is 44.4 Å². The van der Waals surface area contributed by atoms with Crippen LogP contribution < -0.4 is 20.6 Å². The number of aryl methyl sites for hydroxylation is 1. The van der Waals surface area contributed by atoms with Gasteiger partial charge in [-0.15, -0.1) is 10.2 Å². The average Bonchev–Trinajstić information content (AvgIpc) is 3.08. The Bertz CT molecular complexity index is 1040. The SMILES string of the molecule is COc1ccc(-c2nnc(SCC(=O)Nc3ccc(C)c(F)c3)n2N)c(OC)c1. The number of anilines is 1. The number of benzene rings is 2. The van der Waals surface area contributed by atoms with Crippen molar-refractivity contribution in [3.8, 4) is 22.9 Å². The second-order valence-corrected chi connectivity index (χ2v) is 6.99. The number of nitrogens with one attached hydrogen (secondary N) is 1. The van der Waals surface area contributed by atoms with Crippen molar-refractivity contribution in [1.29, 1.82) is 0 Å². The summed E-state index contributed by atoms with van der Waals surface area (Å²) in [6, 6.07) is 9.75. The Morgan fingerprint density at radius 2 is 2.00 bits per heavy atom. The molecule has 1 aromatic heterocycles. The Kier molecular flexibility index (Phi) is 6.23. The van der Waals surface area contributed by atoms with Crippen LogP contribution in [-0.2, 0) is 4.79 Å². The summed E-state index contributed by atoms with van der Waals surface area (Å²) in [4.78, 5) is 12.2. The molecule has 8 nitrogen and oxygen atoms in total. The predicted octanol–water partition coefficient (Wildman–Crippen LogP) is 2.85. The predicted molar refractivity (Wildman–Crippen MR) is 109 cm³/mol. The molecule has 0 radical (unpaired) electrons. The highest BCUT2D eigenvalue weighted by Gasteiger charge is 2.17. The summed E-state index contributed by atoms with van der Waals surface area (Å²) in [5.41, 5.74) is 1.53. The van der Waals surface area contributed by atoms with Crippen LogP contribution in [-0.4, -0.2) is 40.8 Å². The molecule has 0 unspecified atom stereocenters. The zero-order valence-corrected chi connectivity index (χ0v) is 16.9. The van der Waals surface area contributed by atoms with Crippen LogP contribution in [0.5, 0.6) is 11.5 Å². The maximum atomic E-state index is 13.6. The van der Waals surface area contributed by atoms with E-state index < -0.39 is 0 Å². The molecule has 0 aliphatic rings. The van der Waals surface area contributed by atoms with E-state index in [1.165, 1.54) is 17.9 Å². The Hall–Kier alpha value is -3.27. The van der Waals surface area contributed by atoms with E-state index in [9.17, 15) is 9.18 Å². The lowest BCUT2D eigenvalue weighted by Crippen LogP contribution is -2.16. The third kappa shape index (κ3) is 4.60. The van der Waals surface area contributed by atoms with Crippen molar-refractivity contribution in [2.75, 3.05) is 31.1 Å². The summed E-state index contributed by atoms with van der Waals surface area (Å²) in [7, 11) is 3.09. The van der Waals surface area contributed by atoms with Crippen molar-refractivity contribution in [1.82, 2.24) is 14.9 Å². The molecule has 152 valence electrons. The van der Waals surface area contributed by atoms with Gasteiger partial charge in [-0.05, 0) is 36.8 Å². The molecule has 3 rings (SSSR count). The quantitative estimate of drug-likeness (QED) is 0.450. The first-order chi connectivity index (χ1) is 13.9. The number of nitrogens with zero attached hydrogens (tertiary/aromatic N) is 3. The van der Waals surface area contributed by atoms with Gasteiger partial charge < -0.3 is 20.6 Å². The molecule has 0 atom stereocenters. The summed E-state index contributed by atoms with van der Waals surface area (Å²) in [5, 5.41) is 11.1. The van der Waals surface area contributed by atoms with Crippen LogP contribution >= 0.6 is 11.8 Å². The van der Waals surface area contributed by atoms with E-state index in [0.717, 1.165) is 11.8 Å². The summed E-state index contributed by atoms with van der Waals surface area (Å²) in [6.07, 6.45) is 0. The smallest absolute Gasteiger partial charge is 0.234 e. The number of hydrogen-bond acceptors (Lipinski definition) is 7. The first kappa shape index (κ1) is 20.5. The maximum Gasteiger partial charge on any atom is 0.234 e. The molecular formula is C19H20FN5O3S. The van der Waals surface area contributed by atoms with Crippen LogP contribution in [0.1, 0.15) is 5.56 Å². The van der Waals surface area contributed by atoms with E-state index in [2.05, 4.69) is 15.5 Å². The number of hydrogen-bond donors (Lipinski definition) is 2. The van der Waals surface area contributed by atoms with Gasteiger partial charge in [-0.2, -0.15) is 0 Å². The molecule has 0 aliphatic carbocycles. The molecular weight excluding hydrogens is 397 g/mol. The fraction of sp³-hybridized carbons (Fsp3) is 0.211. The minimum Gasteiger partial charge on any atom is -0.497 e. The van der Waals surface area contributed by atoms with Gasteiger partial charge in [-0.25, -0.2) is 9.07 Å². The van der Waals surface area contributed by atoms with Crippen LogP contribution in [0.4, 0.5) is 10.1 Å². The van der Waals surface area contributed by atoms with Crippen LogP contribution in [0.15, 0.2) is 41.6 Å². The Morgan fingerprint density at radius 3 is 2.69 bits per heavy atom. The fourth-order valence-electron chi connectivity index (χ4n) is 2.54. The largest absolute Gasteiger partial charge is 0.497 e. The van der Waals surface area contributed by atoms with Crippen molar-refractivity contribution in [2.45, 2.75) is 12.1 Å². The summed E-state index contributed by atoms with van der Waals surface area (Å²) in [6.45, 7) is 1.65. The number of thioether (sulfide) groups is 1. The van der Waals surface area contributed by atoms with E-state index in [-0.39, 0.29) is 17.5 Å². The fourth-order valence-corrected chi connectivity index (χ4v) is 3.20.